The first-order chi connectivity index (χ1) is 19.0. The van der Waals surface area contributed by atoms with Crippen molar-refractivity contribution in [3.63, 3.8) is 0 Å². The molecule has 0 saturated carbocycles. The first-order valence-electron chi connectivity index (χ1n) is 12.8. The van der Waals surface area contributed by atoms with Crippen LogP contribution in [0.5, 0.6) is 0 Å². The third kappa shape index (κ3) is 3.38. The summed E-state index contributed by atoms with van der Waals surface area (Å²) >= 11 is 0. The molecule has 0 radical (unpaired) electrons. The maximum absolute atomic E-state index is 13.7. The molecule has 3 aromatic carbocycles. The number of aromatic nitrogens is 7. The van der Waals surface area contributed by atoms with E-state index < -0.39 is 0 Å². The van der Waals surface area contributed by atoms with Crippen molar-refractivity contribution in [1.29, 1.82) is 0 Å². The van der Waals surface area contributed by atoms with E-state index in [2.05, 4.69) is 33.9 Å². The van der Waals surface area contributed by atoms with Crippen LogP contribution in [0.1, 0.15) is 11.4 Å². The zero-order chi connectivity index (χ0) is 26.7. The molecule has 0 bridgehead atoms. The van der Waals surface area contributed by atoms with Gasteiger partial charge in [-0.1, -0.05) is 78.9 Å². The summed E-state index contributed by atoms with van der Waals surface area (Å²) < 4.78 is 7.44. The second-order valence-corrected chi connectivity index (χ2v) is 9.59. The molecule has 4 heterocycles. The Morgan fingerprint density at radius 3 is 2.03 bits per heavy atom. The van der Waals surface area contributed by atoms with Gasteiger partial charge in [0.1, 0.15) is 18.0 Å². The van der Waals surface area contributed by atoms with Crippen LogP contribution in [0.15, 0.2) is 102 Å². The van der Waals surface area contributed by atoms with Crippen molar-refractivity contribution in [2.45, 2.75) is 13.8 Å². The normalized spacial score (nSPS) is 11.6. The van der Waals surface area contributed by atoms with Crippen LogP contribution in [0.3, 0.4) is 0 Å². The molecule has 0 aliphatic heterocycles. The highest BCUT2D eigenvalue weighted by atomic mass is 16.1. The molecule has 4 aromatic heterocycles. The van der Waals surface area contributed by atoms with Crippen LogP contribution in [-0.2, 0) is 7.05 Å². The minimum absolute atomic E-state index is 0.0831. The van der Waals surface area contributed by atoms with Crippen molar-refractivity contribution in [3.8, 4) is 33.9 Å². The fraction of sp³-hybridized carbons (Fsp3) is 0.0968. The largest absolute Gasteiger partial charge is 0.277 e. The lowest BCUT2D eigenvalue weighted by molar-refractivity contribution is 0.631. The molecular formula is C31H25N7O. The van der Waals surface area contributed by atoms with Crippen LogP contribution in [0.4, 0.5) is 0 Å². The Bertz CT molecular complexity index is 2050. The SMILES string of the molecule is Cc1nc2c3c(-c4ccccc4)c(-c4ccccc4)n(-c4c(C)c(=O)n(-c5ccccc5)n4C)c3ncn2n1. The monoisotopic (exact) mass is 511 g/mol. The van der Waals surface area contributed by atoms with Crippen LogP contribution in [0.2, 0.25) is 0 Å². The summed E-state index contributed by atoms with van der Waals surface area (Å²) in [6, 6.07) is 30.2. The minimum Gasteiger partial charge on any atom is -0.277 e. The average Bonchev–Trinajstić information content (AvgIpc) is 3.58. The van der Waals surface area contributed by atoms with E-state index in [0.717, 1.165) is 44.9 Å². The Hall–Kier alpha value is -5.24. The lowest BCUT2D eigenvalue weighted by atomic mass is 9.99. The van der Waals surface area contributed by atoms with E-state index in [1.54, 1.807) is 15.5 Å². The predicted molar refractivity (Wildman–Crippen MR) is 153 cm³/mol. The average molecular weight is 512 g/mol. The van der Waals surface area contributed by atoms with Gasteiger partial charge in [-0.3, -0.25) is 14.0 Å². The summed E-state index contributed by atoms with van der Waals surface area (Å²) in [7, 11) is 1.92. The smallest absolute Gasteiger partial charge is 0.276 e. The van der Waals surface area contributed by atoms with Crippen LogP contribution < -0.4 is 5.56 Å². The molecule has 0 saturated heterocycles. The van der Waals surface area contributed by atoms with Gasteiger partial charge in [0, 0.05) is 12.6 Å². The number of benzene rings is 3. The van der Waals surface area contributed by atoms with Crippen LogP contribution in [0, 0.1) is 13.8 Å². The number of para-hydroxylation sites is 1. The van der Waals surface area contributed by atoms with E-state index in [0.29, 0.717) is 17.0 Å². The van der Waals surface area contributed by atoms with Crippen LogP contribution in [-0.4, -0.2) is 33.5 Å². The number of rotatable bonds is 4. The summed E-state index contributed by atoms with van der Waals surface area (Å²) in [6.07, 6.45) is 1.69. The molecule has 0 amide bonds. The summed E-state index contributed by atoms with van der Waals surface area (Å²) in [4.78, 5) is 23.5. The van der Waals surface area contributed by atoms with Gasteiger partial charge in [0.2, 0.25) is 0 Å². The molecule has 0 aliphatic carbocycles. The van der Waals surface area contributed by atoms with Crippen molar-refractivity contribution < 1.29 is 0 Å². The van der Waals surface area contributed by atoms with Crippen molar-refractivity contribution in [2.75, 3.05) is 0 Å². The van der Waals surface area contributed by atoms with Crippen molar-refractivity contribution >= 4 is 16.7 Å². The molecule has 0 atom stereocenters. The highest BCUT2D eigenvalue weighted by Gasteiger charge is 2.29. The zero-order valence-corrected chi connectivity index (χ0v) is 21.8. The van der Waals surface area contributed by atoms with E-state index in [9.17, 15) is 4.79 Å². The Kier molecular flexibility index (Phi) is 5.09. The van der Waals surface area contributed by atoms with Gasteiger partial charge in [0.15, 0.2) is 11.3 Å². The molecule has 0 N–H and O–H groups in total. The van der Waals surface area contributed by atoms with Gasteiger partial charge in [-0.05, 0) is 37.1 Å². The lowest BCUT2D eigenvalue weighted by Crippen LogP contribution is -2.20. The maximum Gasteiger partial charge on any atom is 0.276 e. The molecule has 0 spiro atoms. The fourth-order valence-electron chi connectivity index (χ4n) is 5.55. The van der Waals surface area contributed by atoms with E-state index in [1.807, 2.05) is 92.3 Å². The van der Waals surface area contributed by atoms with Crippen molar-refractivity contribution in [3.05, 3.63) is 119 Å². The molecule has 0 fully saturated rings. The van der Waals surface area contributed by atoms with Gasteiger partial charge < -0.3 is 0 Å². The topological polar surface area (TPSA) is 74.9 Å². The standard InChI is InChI=1S/C31H25N7O/c1-20-30(35(3)38(31(20)39)24-17-11-6-12-18-24)37-27(23-15-9-5-10-16-23)25(22-13-7-4-8-14-22)26-28(37)32-19-36-29(26)33-21(2)34-36/h4-19H,1-3H3. The fourth-order valence-corrected chi connectivity index (χ4v) is 5.55. The Morgan fingerprint density at radius 2 is 1.36 bits per heavy atom. The Labute approximate surface area is 224 Å². The number of aryl methyl sites for hydroxylation is 1. The molecule has 7 aromatic rings. The van der Waals surface area contributed by atoms with Gasteiger partial charge >= 0.3 is 0 Å². The quantitative estimate of drug-likeness (QED) is 0.312. The second-order valence-electron chi connectivity index (χ2n) is 9.59. The molecule has 190 valence electrons. The van der Waals surface area contributed by atoms with E-state index >= 15 is 0 Å². The zero-order valence-electron chi connectivity index (χ0n) is 21.8. The minimum atomic E-state index is -0.0831. The summed E-state index contributed by atoms with van der Waals surface area (Å²) in [6.45, 7) is 3.75. The highest BCUT2D eigenvalue weighted by Crippen LogP contribution is 2.43. The summed E-state index contributed by atoms with van der Waals surface area (Å²) in [5.74, 6) is 1.40. The molecular weight excluding hydrogens is 486 g/mol. The first-order valence-corrected chi connectivity index (χ1v) is 12.8. The molecule has 0 unspecified atom stereocenters. The van der Waals surface area contributed by atoms with E-state index in [4.69, 9.17) is 9.97 Å². The van der Waals surface area contributed by atoms with Crippen molar-refractivity contribution in [2.24, 2.45) is 7.05 Å². The molecule has 39 heavy (non-hydrogen) atoms. The summed E-state index contributed by atoms with van der Waals surface area (Å²) in [5.41, 5.74) is 6.71. The number of nitrogens with zero attached hydrogens (tertiary/aromatic N) is 7. The van der Waals surface area contributed by atoms with Gasteiger partial charge in [0.05, 0.1) is 22.3 Å². The molecule has 8 heteroatoms. The third-order valence-corrected chi connectivity index (χ3v) is 7.17. The van der Waals surface area contributed by atoms with Crippen LogP contribution >= 0.6 is 0 Å². The van der Waals surface area contributed by atoms with Gasteiger partial charge in [-0.15, -0.1) is 0 Å². The maximum atomic E-state index is 13.7. The Balaban J connectivity index is 1.71. The highest BCUT2D eigenvalue weighted by molar-refractivity contribution is 6.10. The number of hydrogen-bond acceptors (Lipinski definition) is 4. The van der Waals surface area contributed by atoms with Gasteiger partial charge in [0.25, 0.3) is 5.56 Å². The Morgan fingerprint density at radius 1 is 0.744 bits per heavy atom. The molecule has 7 rings (SSSR count). The molecule has 8 nitrogen and oxygen atoms in total. The third-order valence-electron chi connectivity index (χ3n) is 7.17. The second kappa shape index (κ2) is 8.66. The van der Waals surface area contributed by atoms with Gasteiger partial charge in [-0.2, -0.15) is 5.10 Å². The number of hydrogen-bond donors (Lipinski definition) is 0. The lowest BCUT2D eigenvalue weighted by Gasteiger charge is -2.15. The van der Waals surface area contributed by atoms with E-state index in [-0.39, 0.29) is 5.56 Å². The first kappa shape index (κ1) is 22.9. The van der Waals surface area contributed by atoms with Gasteiger partial charge in [-0.25, -0.2) is 19.2 Å². The molecule has 0 aliphatic rings. The predicted octanol–water partition coefficient (Wildman–Crippen LogP) is 5.51. The van der Waals surface area contributed by atoms with E-state index in [1.165, 1.54) is 0 Å². The van der Waals surface area contributed by atoms with Crippen LogP contribution in [0.25, 0.3) is 50.6 Å². The number of fused-ring (bicyclic) bond motifs is 3. The van der Waals surface area contributed by atoms with Crippen molar-refractivity contribution in [1.82, 2.24) is 33.5 Å². The summed E-state index contributed by atoms with van der Waals surface area (Å²) in [5, 5.41) is 5.43.